The van der Waals surface area contributed by atoms with Crippen LogP contribution in [-0.4, -0.2) is 14.0 Å². The first-order valence-corrected chi connectivity index (χ1v) is 8.09. The van der Waals surface area contributed by atoms with Crippen molar-refractivity contribution in [2.75, 3.05) is 0 Å². The highest BCUT2D eigenvalue weighted by Crippen LogP contribution is 2.15. The van der Waals surface area contributed by atoms with E-state index >= 15 is 0 Å². The van der Waals surface area contributed by atoms with E-state index in [1.165, 1.54) is 18.6 Å². The van der Waals surface area contributed by atoms with E-state index in [-0.39, 0.29) is 17.2 Å². The molecule has 0 bridgehead atoms. The fourth-order valence-electron chi connectivity index (χ4n) is 1.59. The maximum atomic E-state index is 12.1. The van der Waals surface area contributed by atoms with Crippen LogP contribution in [0.1, 0.15) is 32.1 Å². The molecule has 0 fully saturated rings. The summed E-state index contributed by atoms with van der Waals surface area (Å²) < 4.78 is 36.9. The predicted octanol–water partition coefficient (Wildman–Crippen LogP) is 2.24. The molecule has 116 valence electrons. The number of furan rings is 2. The lowest BCUT2D eigenvalue weighted by Crippen LogP contribution is -2.34. The van der Waals surface area contributed by atoms with Gasteiger partial charge in [-0.3, -0.25) is 0 Å². The first kappa shape index (κ1) is 15.8. The minimum absolute atomic E-state index is 0.0641. The Morgan fingerprint density at radius 2 is 1.90 bits per heavy atom. The molecule has 7 heteroatoms. The zero-order valence-electron chi connectivity index (χ0n) is 12.3. The molecular weight excluding hydrogens is 292 g/mol. The summed E-state index contributed by atoms with van der Waals surface area (Å²) in [6.45, 7) is 6.72. The molecule has 0 amide bonds. The van der Waals surface area contributed by atoms with Crippen LogP contribution in [0, 0.1) is 0 Å². The van der Waals surface area contributed by atoms with Gasteiger partial charge in [-0.15, -0.1) is 0 Å². The van der Waals surface area contributed by atoms with Gasteiger partial charge in [-0.25, -0.2) is 13.1 Å². The minimum Gasteiger partial charge on any atom is -0.472 e. The number of nitrogens with one attached hydrogen (secondary N) is 2. The summed E-state index contributed by atoms with van der Waals surface area (Å²) in [5, 5.41) is 3.15. The molecule has 0 saturated heterocycles. The number of hydrogen-bond donors (Lipinski definition) is 2. The Morgan fingerprint density at radius 1 is 1.14 bits per heavy atom. The average molecular weight is 312 g/mol. The van der Waals surface area contributed by atoms with Gasteiger partial charge in [0.15, 0.2) is 0 Å². The van der Waals surface area contributed by atoms with Gasteiger partial charge in [0, 0.05) is 17.6 Å². The zero-order chi connectivity index (χ0) is 15.5. The van der Waals surface area contributed by atoms with Gasteiger partial charge in [0.25, 0.3) is 10.0 Å². The Labute approximate surface area is 124 Å². The van der Waals surface area contributed by atoms with Crippen molar-refractivity contribution in [1.82, 2.24) is 10.0 Å². The van der Waals surface area contributed by atoms with Crippen LogP contribution in [0.2, 0.25) is 0 Å². The van der Waals surface area contributed by atoms with Crippen LogP contribution in [0.3, 0.4) is 0 Å². The molecule has 0 radical (unpaired) electrons. The Balaban J connectivity index is 1.98. The second-order valence-electron chi connectivity index (χ2n) is 5.78. The summed E-state index contributed by atoms with van der Waals surface area (Å²) in [5.41, 5.74) is 0.686. The number of hydrogen-bond acceptors (Lipinski definition) is 5. The summed E-state index contributed by atoms with van der Waals surface area (Å²) >= 11 is 0. The van der Waals surface area contributed by atoms with Crippen molar-refractivity contribution in [2.24, 2.45) is 0 Å². The third kappa shape index (κ3) is 4.73. The highest BCUT2D eigenvalue weighted by atomic mass is 32.2. The Hall–Kier alpha value is -1.57. The van der Waals surface area contributed by atoms with Crippen LogP contribution in [0.5, 0.6) is 0 Å². The Bertz CT molecular complexity index is 666. The van der Waals surface area contributed by atoms with Crippen LogP contribution in [0.4, 0.5) is 0 Å². The van der Waals surface area contributed by atoms with Gasteiger partial charge in [0.05, 0.1) is 19.1 Å². The highest BCUT2D eigenvalue weighted by molar-refractivity contribution is 7.89. The van der Waals surface area contributed by atoms with E-state index in [9.17, 15) is 8.42 Å². The molecule has 2 aromatic heterocycles. The van der Waals surface area contributed by atoms with Gasteiger partial charge < -0.3 is 14.2 Å². The quantitative estimate of drug-likeness (QED) is 0.854. The van der Waals surface area contributed by atoms with Gasteiger partial charge in [-0.2, -0.15) is 0 Å². The molecule has 21 heavy (non-hydrogen) atoms. The van der Waals surface area contributed by atoms with E-state index in [1.54, 1.807) is 12.1 Å². The molecule has 0 aliphatic carbocycles. The summed E-state index contributed by atoms with van der Waals surface area (Å²) in [7, 11) is -3.66. The molecule has 2 aromatic rings. The van der Waals surface area contributed by atoms with E-state index in [4.69, 9.17) is 8.83 Å². The maximum absolute atomic E-state index is 12.1. The minimum atomic E-state index is -3.66. The number of sulfonamides is 1. The van der Waals surface area contributed by atoms with Crippen molar-refractivity contribution in [2.45, 2.75) is 44.5 Å². The average Bonchev–Trinajstić information content (AvgIpc) is 3.05. The standard InChI is InChI=1S/C14H20N2O4S/c1-14(2,3)15-9-12-4-5-13(20-12)21(17,18)16-8-11-6-7-19-10-11/h4-7,10,15-16H,8-9H2,1-3H3. The van der Waals surface area contributed by atoms with Crippen LogP contribution >= 0.6 is 0 Å². The Kier molecular flexibility index (Phi) is 4.55. The second-order valence-corrected chi connectivity index (χ2v) is 7.48. The van der Waals surface area contributed by atoms with Crippen LogP contribution < -0.4 is 10.0 Å². The smallest absolute Gasteiger partial charge is 0.274 e. The summed E-state index contributed by atoms with van der Waals surface area (Å²) in [4.78, 5) is 0. The molecule has 0 spiro atoms. The molecule has 0 atom stereocenters. The molecule has 2 rings (SSSR count). The van der Waals surface area contributed by atoms with Crippen LogP contribution in [-0.2, 0) is 23.1 Å². The summed E-state index contributed by atoms with van der Waals surface area (Å²) in [5.74, 6) is 0.577. The van der Waals surface area contributed by atoms with E-state index in [0.29, 0.717) is 12.3 Å². The van der Waals surface area contributed by atoms with Crippen molar-refractivity contribution < 1.29 is 17.3 Å². The molecule has 2 N–H and O–H groups in total. The maximum Gasteiger partial charge on any atom is 0.274 e. The fraction of sp³-hybridized carbons (Fsp3) is 0.429. The van der Waals surface area contributed by atoms with E-state index in [0.717, 1.165) is 5.56 Å². The van der Waals surface area contributed by atoms with Crippen molar-refractivity contribution in [3.05, 3.63) is 42.0 Å². The highest BCUT2D eigenvalue weighted by Gasteiger charge is 2.19. The topological polar surface area (TPSA) is 84.5 Å². The monoisotopic (exact) mass is 312 g/mol. The van der Waals surface area contributed by atoms with E-state index < -0.39 is 10.0 Å². The van der Waals surface area contributed by atoms with E-state index in [1.807, 2.05) is 20.8 Å². The van der Waals surface area contributed by atoms with Gasteiger partial charge >= 0.3 is 0 Å². The largest absolute Gasteiger partial charge is 0.472 e. The third-order valence-corrected chi connectivity index (χ3v) is 4.01. The van der Waals surface area contributed by atoms with Crippen molar-refractivity contribution >= 4 is 10.0 Å². The molecule has 0 aromatic carbocycles. The SMILES string of the molecule is CC(C)(C)NCc1ccc(S(=O)(=O)NCc2ccoc2)o1. The predicted molar refractivity (Wildman–Crippen MR) is 78.0 cm³/mol. The number of rotatable bonds is 6. The first-order chi connectivity index (χ1) is 9.76. The molecule has 0 aliphatic heterocycles. The normalized spacial score (nSPS) is 12.7. The van der Waals surface area contributed by atoms with Crippen LogP contribution in [0.15, 0.2) is 44.7 Å². The lowest BCUT2D eigenvalue weighted by atomic mass is 10.1. The molecule has 0 saturated carbocycles. The molecule has 0 unspecified atom stereocenters. The van der Waals surface area contributed by atoms with Crippen molar-refractivity contribution in [1.29, 1.82) is 0 Å². The fourth-order valence-corrected chi connectivity index (χ4v) is 2.56. The lowest BCUT2D eigenvalue weighted by Gasteiger charge is -2.19. The van der Waals surface area contributed by atoms with Crippen molar-refractivity contribution in [3.63, 3.8) is 0 Å². The van der Waals surface area contributed by atoms with Crippen LogP contribution in [0.25, 0.3) is 0 Å². The summed E-state index contributed by atoms with van der Waals surface area (Å²) in [6.07, 6.45) is 2.98. The van der Waals surface area contributed by atoms with Gasteiger partial charge in [0.2, 0.25) is 5.09 Å². The van der Waals surface area contributed by atoms with Gasteiger partial charge in [-0.1, -0.05) is 0 Å². The lowest BCUT2D eigenvalue weighted by molar-refractivity contribution is 0.359. The molecule has 6 nitrogen and oxygen atoms in total. The van der Waals surface area contributed by atoms with Gasteiger partial charge in [-0.05, 0) is 39.0 Å². The van der Waals surface area contributed by atoms with E-state index in [2.05, 4.69) is 10.0 Å². The summed E-state index contributed by atoms with van der Waals surface area (Å²) in [6, 6.07) is 4.81. The molecule has 2 heterocycles. The Morgan fingerprint density at radius 3 is 2.52 bits per heavy atom. The molecule has 0 aliphatic rings. The molecular formula is C14H20N2O4S. The first-order valence-electron chi connectivity index (χ1n) is 6.61. The van der Waals surface area contributed by atoms with Crippen molar-refractivity contribution in [3.8, 4) is 0 Å². The second kappa shape index (κ2) is 6.05. The van der Waals surface area contributed by atoms with Gasteiger partial charge in [0.1, 0.15) is 5.76 Å². The third-order valence-electron chi connectivity index (χ3n) is 2.74. The zero-order valence-corrected chi connectivity index (χ0v) is 13.2.